The Morgan fingerprint density at radius 3 is 2.52 bits per heavy atom. The molecule has 0 spiro atoms. The maximum Gasteiger partial charge on any atom is 0.0958 e. The predicted octanol–water partition coefficient (Wildman–Crippen LogP) is 4.35. The molecule has 0 aliphatic carbocycles. The van der Waals surface area contributed by atoms with Crippen LogP contribution in [0.1, 0.15) is 16.6 Å². The number of fused-ring (bicyclic) bond motifs is 1. The maximum atomic E-state index is 6.05. The van der Waals surface area contributed by atoms with E-state index in [9.17, 15) is 0 Å². The summed E-state index contributed by atoms with van der Waals surface area (Å²) >= 11 is 13.8. The minimum Gasteiger partial charge on any atom is -0.271 e. The molecule has 1 aromatic heterocycles. The van der Waals surface area contributed by atoms with E-state index in [1.165, 1.54) is 4.70 Å². The van der Waals surface area contributed by atoms with Crippen molar-refractivity contribution in [2.75, 3.05) is 0 Å². The van der Waals surface area contributed by atoms with Crippen LogP contribution in [-0.4, -0.2) is 4.98 Å². The SMILES string of the molecule is NNC(Cc1nc2ccccc2s1)c1cc(Cl)cc(Cl)c1. The van der Waals surface area contributed by atoms with Crippen LogP contribution >= 0.6 is 34.5 Å². The number of hydrogen-bond acceptors (Lipinski definition) is 4. The lowest BCUT2D eigenvalue weighted by atomic mass is 10.0. The molecule has 3 aromatic rings. The summed E-state index contributed by atoms with van der Waals surface area (Å²) in [6.07, 6.45) is 0.687. The van der Waals surface area contributed by atoms with E-state index in [0.29, 0.717) is 16.5 Å². The van der Waals surface area contributed by atoms with Gasteiger partial charge in [-0.1, -0.05) is 35.3 Å². The van der Waals surface area contributed by atoms with Gasteiger partial charge in [-0.3, -0.25) is 11.3 Å². The first kappa shape index (κ1) is 14.8. The first-order valence-corrected chi connectivity index (χ1v) is 7.99. The Labute approximate surface area is 136 Å². The van der Waals surface area contributed by atoms with Crippen molar-refractivity contribution in [3.63, 3.8) is 0 Å². The number of hydrogen-bond donors (Lipinski definition) is 2. The lowest BCUT2D eigenvalue weighted by Gasteiger charge is -2.15. The zero-order valence-corrected chi connectivity index (χ0v) is 13.3. The zero-order chi connectivity index (χ0) is 14.8. The van der Waals surface area contributed by atoms with Crippen LogP contribution in [0.4, 0.5) is 0 Å². The average Bonchev–Trinajstić information content (AvgIpc) is 2.86. The Balaban J connectivity index is 1.89. The van der Waals surface area contributed by atoms with Crippen LogP contribution in [0, 0.1) is 0 Å². The average molecular weight is 338 g/mol. The van der Waals surface area contributed by atoms with Gasteiger partial charge in [-0.25, -0.2) is 4.98 Å². The molecule has 2 aromatic carbocycles. The molecule has 0 amide bonds. The normalized spacial score (nSPS) is 12.7. The molecule has 0 fully saturated rings. The quantitative estimate of drug-likeness (QED) is 0.549. The van der Waals surface area contributed by atoms with Crippen molar-refractivity contribution in [2.45, 2.75) is 12.5 Å². The van der Waals surface area contributed by atoms with Gasteiger partial charge >= 0.3 is 0 Å². The van der Waals surface area contributed by atoms with Gasteiger partial charge in [-0.2, -0.15) is 0 Å². The second-order valence-electron chi connectivity index (χ2n) is 4.70. The summed E-state index contributed by atoms with van der Waals surface area (Å²) in [7, 11) is 0. The van der Waals surface area contributed by atoms with E-state index in [0.717, 1.165) is 16.1 Å². The van der Waals surface area contributed by atoms with Crippen LogP contribution in [0.2, 0.25) is 10.0 Å². The summed E-state index contributed by atoms with van der Waals surface area (Å²) in [5.41, 5.74) is 4.78. The summed E-state index contributed by atoms with van der Waals surface area (Å²) < 4.78 is 1.17. The number of rotatable bonds is 4. The van der Waals surface area contributed by atoms with E-state index in [1.54, 1.807) is 17.4 Å². The van der Waals surface area contributed by atoms with Crippen molar-refractivity contribution in [1.82, 2.24) is 10.4 Å². The monoisotopic (exact) mass is 337 g/mol. The van der Waals surface area contributed by atoms with Gasteiger partial charge in [-0.15, -0.1) is 11.3 Å². The Morgan fingerprint density at radius 2 is 1.86 bits per heavy atom. The highest BCUT2D eigenvalue weighted by Crippen LogP contribution is 2.28. The fraction of sp³-hybridized carbons (Fsp3) is 0.133. The van der Waals surface area contributed by atoms with E-state index in [2.05, 4.69) is 16.5 Å². The van der Waals surface area contributed by atoms with E-state index >= 15 is 0 Å². The summed E-state index contributed by atoms with van der Waals surface area (Å²) in [4.78, 5) is 4.63. The number of aromatic nitrogens is 1. The third-order valence-corrected chi connectivity index (χ3v) is 4.70. The van der Waals surface area contributed by atoms with Crippen LogP contribution in [0.25, 0.3) is 10.2 Å². The van der Waals surface area contributed by atoms with Gasteiger partial charge in [0.1, 0.15) is 0 Å². The summed E-state index contributed by atoms with van der Waals surface area (Å²) in [5, 5.41) is 2.22. The van der Waals surface area contributed by atoms with Gasteiger partial charge in [0.25, 0.3) is 0 Å². The molecule has 0 bridgehead atoms. The third kappa shape index (κ3) is 3.36. The Kier molecular flexibility index (Phi) is 4.42. The summed E-state index contributed by atoms with van der Waals surface area (Å²) in [6.45, 7) is 0. The molecule has 1 unspecified atom stereocenters. The molecule has 21 heavy (non-hydrogen) atoms. The van der Waals surface area contributed by atoms with Crippen LogP contribution in [0.15, 0.2) is 42.5 Å². The standard InChI is InChI=1S/C15H13Cl2N3S/c16-10-5-9(6-11(17)7-10)13(20-18)8-15-19-12-3-1-2-4-14(12)21-15/h1-7,13,20H,8,18H2. The van der Waals surface area contributed by atoms with Crippen molar-refractivity contribution in [3.05, 3.63) is 63.1 Å². The van der Waals surface area contributed by atoms with Gasteiger partial charge in [0.2, 0.25) is 0 Å². The van der Waals surface area contributed by atoms with E-state index in [-0.39, 0.29) is 6.04 Å². The molecular weight excluding hydrogens is 325 g/mol. The van der Waals surface area contributed by atoms with Gasteiger partial charge in [0.15, 0.2) is 0 Å². The number of nitrogens with one attached hydrogen (secondary N) is 1. The molecular formula is C15H13Cl2N3S. The van der Waals surface area contributed by atoms with Crippen molar-refractivity contribution in [1.29, 1.82) is 0 Å². The molecule has 3 nitrogen and oxygen atoms in total. The summed E-state index contributed by atoms with van der Waals surface area (Å²) in [5.74, 6) is 5.69. The lowest BCUT2D eigenvalue weighted by Crippen LogP contribution is -2.29. The highest BCUT2D eigenvalue weighted by Gasteiger charge is 2.15. The topological polar surface area (TPSA) is 50.9 Å². The van der Waals surface area contributed by atoms with Gasteiger partial charge < -0.3 is 0 Å². The molecule has 0 aliphatic rings. The highest BCUT2D eigenvalue weighted by molar-refractivity contribution is 7.18. The van der Waals surface area contributed by atoms with Crippen molar-refractivity contribution in [3.8, 4) is 0 Å². The molecule has 1 heterocycles. The van der Waals surface area contributed by atoms with Crippen LogP contribution in [0.3, 0.4) is 0 Å². The second-order valence-corrected chi connectivity index (χ2v) is 6.69. The first-order chi connectivity index (χ1) is 10.2. The first-order valence-electron chi connectivity index (χ1n) is 6.42. The largest absolute Gasteiger partial charge is 0.271 e. The molecule has 0 radical (unpaired) electrons. The number of nitrogens with zero attached hydrogens (tertiary/aromatic N) is 1. The number of hydrazine groups is 1. The fourth-order valence-corrected chi connectivity index (χ4v) is 3.79. The second kappa shape index (κ2) is 6.30. The van der Waals surface area contributed by atoms with Crippen LogP contribution in [-0.2, 0) is 6.42 Å². The number of nitrogens with two attached hydrogens (primary N) is 1. The van der Waals surface area contributed by atoms with Crippen LogP contribution < -0.4 is 11.3 Å². The van der Waals surface area contributed by atoms with Crippen molar-refractivity contribution >= 4 is 44.8 Å². The van der Waals surface area contributed by atoms with Gasteiger partial charge in [-0.05, 0) is 35.9 Å². The number of para-hydroxylation sites is 1. The zero-order valence-electron chi connectivity index (χ0n) is 11.0. The summed E-state index contributed by atoms with van der Waals surface area (Å²) in [6, 6.07) is 13.4. The lowest BCUT2D eigenvalue weighted by molar-refractivity contribution is 0.551. The molecule has 108 valence electrons. The minimum atomic E-state index is -0.0817. The maximum absolute atomic E-state index is 6.05. The molecule has 1 atom stereocenters. The molecule has 3 rings (SSSR count). The van der Waals surface area contributed by atoms with Crippen molar-refractivity contribution in [2.24, 2.45) is 5.84 Å². The van der Waals surface area contributed by atoms with E-state index in [4.69, 9.17) is 29.0 Å². The third-order valence-electron chi connectivity index (χ3n) is 3.21. The molecule has 0 saturated carbocycles. The molecule has 0 saturated heterocycles. The molecule has 0 aliphatic heterocycles. The van der Waals surface area contributed by atoms with Gasteiger partial charge in [0.05, 0.1) is 21.3 Å². The van der Waals surface area contributed by atoms with Crippen LogP contribution in [0.5, 0.6) is 0 Å². The number of thiazole rings is 1. The predicted molar refractivity (Wildman–Crippen MR) is 89.9 cm³/mol. The van der Waals surface area contributed by atoms with E-state index in [1.807, 2.05) is 30.3 Å². The van der Waals surface area contributed by atoms with Gasteiger partial charge in [0, 0.05) is 16.5 Å². The van der Waals surface area contributed by atoms with Crippen molar-refractivity contribution < 1.29 is 0 Å². The fourth-order valence-electron chi connectivity index (χ4n) is 2.23. The number of benzene rings is 2. The smallest absolute Gasteiger partial charge is 0.0958 e. The Hall–Kier alpha value is -1.17. The Bertz CT molecular complexity index is 719. The number of halogens is 2. The van der Waals surface area contributed by atoms with E-state index < -0.39 is 0 Å². The highest BCUT2D eigenvalue weighted by atomic mass is 35.5. The Morgan fingerprint density at radius 1 is 1.14 bits per heavy atom. The molecule has 3 N–H and O–H groups in total. The molecule has 6 heteroatoms. The minimum absolute atomic E-state index is 0.0817.